The Balaban J connectivity index is 1.35. The standard InChI is InChI=1S/C25H29N3O3/c1-19(15-20-7-3-2-4-8-20)24(30)27-13-11-25(31,12-14-27)17-28-18-26-22-10-6-5-9-21(22)23(28)16-29/h2-10,16,18-19,23,31H,11-15,17H2,1H3. The number of likely N-dealkylation sites (tertiary alicyclic amines) is 1. The summed E-state index contributed by atoms with van der Waals surface area (Å²) >= 11 is 0. The van der Waals surface area contributed by atoms with E-state index in [1.165, 1.54) is 0 Å². The van der Waals surface area contributed by atoms with Crippen LogP contribution in [0.15, 0.2) is 59.6 Å². The van der Waals surface area contributed by atoms with Crippen molar-refractivity contribution in [1.29, 1.82) is 0 Å². The minimum atomic E-state index is -0.959. The van der Waals surface area contributed by atoms with E-state index in [2.05, 4.69) is 4.99 Å². The predicted octanol–water partition coefficient (Wildman–Crippen LogP) is 3.13. The number of para-hydroxylation sites is 1. The summed E-state index contributed by atoms with van der Waals surface area (Å²) in [6.07, 6.45) is 4.23. The molecule has 2 aromatic carbocycles. The maximum Gasteiger partial charge on any atom is 0.225 e. The van der Waals surface area contributed by atoms with Crippen LogP contribution in [0.4, 0.5) is 5.69 Å². The summed E-state index contributed by atoms with van der Waals surface area (Å²) in [6.45, 7) is 3.31. The van der Waals surface area contributed by atoms with Crippen molar-refractivity contribution in [3.05, 3.63) is 65.7 Å². The van der Waals surface area contributed by atoms with Gasteiger partial charge in [-0.05, 0) is 30.9 Å². The number of aliphatic hydroxyl groups is 1. The van der Waals surface area contributed by atoms with Crippen molar-refractivity contribution < 1.29 is 14.7 Å². The molecule has 2 aliphatic rings. The Kier molecular flexibility index (Phi) is 6.18. The molecule has 2 heterocycles. The van der Waals surface area contributed by atoms with Gasteiger partial charge in [0.25, 0.3) is 0 Å². The number of benzene rings is 2. The minimum absolute atomic E-state index is 0.0984. The zero-order valence-electron chi connectivity index (χ0n) is 17.9. The molecule has 0 spiro atoms. The van der Waals surface area contributed by atoms with Gasteiger partial charge in [0, 0.05) is 31.1 Å². The molecule has 0 aromatic heterocycles. The number of aliphatic imine (C=N–C) groups is 1. The fourth-order valence-corrected chi connectivity index (χ4v) is 4.54. The molecule has 2 aliphatic heterocycles. The van der Waals surface area contributed by atoms with E-state index < -0.39 is 11.6 Å². The molecule has 31 heavy (non-hydrogen) atoms. The first kappa shape index (κ1) is 21.2. The van der Waals surface area contributed by atoms with E-state index >= 15 is 0 Å². The minimum Gasteiger partial charge on any atom is -0.388 e. The quantitative estimate of drug-likeness (QED) is 0.730. The van der Waals surface area contributed by atoms with Gasteiger partial charge in [0.1, 0.15) is 12.3 Å². The van der Waals surface area contributed by atoms with Gasteiger partial charge in [0.05, 0.1) is 17.6 Å². The van der Waals surface area contributed by atoms with E-state index in [1.807, 2.05) is 71.3 Å². The molecule has 1 fully saturated rings. The van der Waals surface area contributed by atoms with E-state index in [4.69, 9.17) is 0 Å². The van der Waals surface area contributed by atoms with Crippen LogP contribution in [-0.2, 0) is 16.0 Å². The highest BCUT2D eigenvalue weighted by atomic mass is 16.3. The number of rotatable bonds is 6. The molecule has 1 N–H and O–H groups in total. The lowest BCUT2D eigenvalue weighted by atomic mass is 9.88. The van der Waals surface area contributed by atoms with Gasteiger partial charge in [-0.25, -0.2) is 4.99 Å². The average Bonchev–Trinajstić information content (AvgIpc) is 2.79. The number of aldehydes is 1. The van der Waals surface area contributed by atoms with Crippen molar-refractivity contribution in [2.45, 2.75) is 37.8 Å². The molecule has 2 aromatic rings. The van der Waals surface area contributed by atoms with Crippen molar-refractivity contribution >= 4 is 24.2 Å². The number of β-amino-alcohol motifs (C(OH)–C–C–N with tert-alkyl or cyclic N) is 1. The van der Waals surface area contributed by atoms with Crippen LogP contribution in [0.2, 0.25) is 0 Å². The zero-order valence-corrected chi connectivity index (χ0v) is 17.9. The zero-order chi connectivity index (χ0) is 21.8. The number of hydrogen-bond acceptors (Lipinski definition) is 5. The number of carbonyl (C=O) groups excluding carboxylic acids is 2. The molecule has 0 saturated carbocycles. The summed E-state index contributed by atoms with van der Waals surface area (Å²) in [5.41, 5.74) is 1.84. The lowest BCUT2D eigenvalue weighted by molar-refractivity contribution is -0.139. The van der Waals surface area contributed by atoms with Gasteiger partial charge in [0.2, 0.25) is 5.91 Å². The molecule has 2 atom stereocenters. The van der Waals surface area contributed by atoms with Crippen LogP contribution in [0.3, 0.4) is 0 Å². The summed E-state index contributed by atoms with van der Waals surface area (Å²) in [7, 11) is 0. The summed E-state index contributed by atoms with van der Waals surface area (Å²) in [6, 6.07) is 17.2. The van der Waals surface area contributed by atoms with E-state index in [0.29, 0.717) is 38.9 Å². The molecule has 4 rings (SSSR count). The van der Waals surface area contributed by atoms with Gasteiger partial charge < -0.3 is 19.7 Å². The highest BCUT2D eigenvalue weighted by Gasteiger charge is 2.38. The van der Waals surface area contributed by atoms with Crippen molar-refractivity contribution in [3.63, 3.8) is 0 Å². The maximum absolute atomic E-state index is 12.9. The molecule has 6 heteroatoms. The van der Waals surface area contributed by atoms with Gasteiger partial charge in [-0.15, -0.1) is 0 Å². The predicted molar refractivity (Wildman–Crippen MR) is 120 cm³/mol. The van der Waals surface area contributed by atoms with Crippen LogP contribution in [0.5, 0.6) is 0 Å². The Hall–Kier alpha value is -2.99. The number of hydrogen-bond donors (Lipinski definition) is 1. The first-order valence-electron chi connectivity index (χ1n) is 10.9. The summed E-state index contributed by atoms with van der Waals surface area (Å²) in [5.74, 6) is 0.0314. The van der Waals surface area contributed by atoms with E-state index in [1.54, 1.807) is 6.34 Å². The third kappa shape index (κ3) is 4.69. The lowest BCUT2D eigenvalue weighted by Gasteiger charge is -2.43. The van der Waals surface area contributed by atoms with Crippen LogP contribution >= 0.6 is 0 Å². The number of piperidine rings is 1. The smallest absolute Gasteiger partial charge is 0.225 e. The Bertz CT molecular complexity index is 951. The molecule has 1 amide bonds. The molecule has 2 unspecified atom stereocenters. The molecule has 0 aliphatic carbocycles. The fraction of sp³-hybridized carbons (Fsp3) is 0.400. The second-order valence-corrected chi connectivity index (χ2v) is 8.70. The Labute approximate surface area is 183 Å². The second kappa shape index (κ2) is 9.02. The molecule has 0 radical (unpaired) electrons. The van der Waals surface area contributed by atoms with Crippen LogP contribution in [-0.4, -0.2) is 58.7 Å². The number of amides is 1. The monoisotopic (exact) mass is 419 g/mol. The highest BCUT2D eigenvalue weighted by Crippen LogP contribution is 2.34. The lowest BCUT2D eigenvalue weighted by Crippen LogP contribution is -2.53. The van der Waals surface area contributed by atoms with E-state index in [-0.39, 0.29) is 11.8 Å². The van der Waals surface area contributed by atoms with Crippen LogP contribution in [0, 0.1) is 5.92 Å². The topological polar surface area (TPSA) is 73.2 Å². The van der Waals surface area contributed by atoms with E-state index in [9.17, 15) is 14.7 Å². The first-order valence-corrected chi connectivity index (χ1v) is 10.9. The Morgan fingerprint density at radius 3 is 2.55 bits per heavy atom. The summed E-state index contributed by atoms with van der Waals surface area (Å²) < 4.78 is 0. The fourth-order valence-electron chi connectivity index (χ4n) is 4.54. The SMILES string of the molecule is CC(Cc1ccccc1)C(=O)N1CCC(O)(CN2C=Nc3ccccc3C2C=O)CC1. The third-order valence-corrected chi connectivity index (χ3v) is 6.38. The number of carbonyl (C=O) groups is 2. The average molecular weight is 420 g/mol. The van der Waals surface area contributed by atoms with E-state index in [0.717, 1.165) is 23.1 Å². The number of nitrogens with zero attached hydrogens (tertiary/aromatic N) is 3. The number of fused-ring (bicyclic) bond motifs is 1. The normalized spacial score (nSPS) is 20.8. The van der Waals surface area contributed by atoms with Gasteiger partial charge >= 0.3 is 0 Å². The van der Waals surface area contributed by atoms with Crippen molar-refractivity contribution in [2.24, 2.45) is 10.9 Å². The molecule has 6 nitrogen and oxygen atoms in total. The van der Waals surface area contributed by atoms with Crippen LogP contribution in [0.25, 0.3) is 0 Å². The molecule has 162 valence electrons. The largest absolute Gasteiger partial charge is 0.388 e. The van der Waals surface area contributed by atoms with Gasteiger partial charge in [-0.3, -0.25) is 4.79 Å². The first-order chi connectivity index (χ1) is 15.0. The second-order valence-electron chi connectivity index (χ2n) is 8.70. The van der Waals surface area contributed by atoms with Crippen molar-refractivity contribution in [3.8, 4) is 0 Å². The molecule has 0 bridgehead atoms. The third-order valence-electron chi connectivity index (χ3n) is 6.38. The molecule has 1 saturated heterocycles. The summed E-state index contributed by atoms with van der Waals surface area (Å²) in [4.78, 5) is 32.8. The molecular weight excluding hydrogens is 390 g/mol. The summed E-state index contributed by atoms with van der Waals surface area (Å²) in [5, 5.41) is 11.2. The Morgan fingerprint density at radius 2 is 1.84 bits per heavy atom. The maximum atomic E-state index is 12.9. The van der Waals surface area contributed by atoms with Crippen molar-refractivity contribution in [2.75, 3.05) is 19.6 Å². The van der Waals surface area contributed by atoms with Gasteiger partial charge in [-0.2, -0.15) is 0 Å². The Morgan fingerprint density at radius 1 is 1.16 bits per heavy atom. The van der Waals surface area contributed by atoms with Crippen LogP contribution < -0.4 is 0 Å². The molecular formula is C25H29N3O3. The van der Waals surface area contributed by atoms with Crippen LogP contribution in [0.1, 0.15) is 36.9 Å². The van der Waals surface area contributed by atoms with Crippen molar-refractivity contribution in [1.82, 2.24) is 9.80 Å². The van der Waals surface area contributed by atoms with Gasteiger partial charge in [-0.1, -0.05) is 55.5 Å². The van der Waals surface area contributed by atoms with Gasteiger partial charge in [0.15, 0.2) is 0 Å². The highest BCUT2D eigenvalue weighted by molar-refractivity contribution is 5.79.